The third-order valence-electron chi connectivity index (χ3n) is 2.89. The molecule has 14 heavy (non-hydrogen) atoms. The SMILES string of the molecule is CC(C)c1nnc(Cl)n1C1CCCC1. The lowest BCUT2D eigenvalue weighted by Gasteiger charge is -2.16. The Morgan fingerprint density at radius 2 is 1.93 bits per heavy atom. The van der Waals surface area contributed by atoms with E-state index in [0.717, 1.165) is 5.82 Å². The van der Waals surface area contributed by atoms with E-state index >= 15 is 0 Å². The molecule has 1 aliphatic rings. The van der Waals surface area contributed by atoms with Gasteiger partial charge in [-0.2, -0.15) is 0 Å². The Balaban J connectivity index is 2.33. The minimum atomic E-state index is 0.399. The molecule has 0 atom stereocenters. The summed E-state index contributed by atoms with van der Waals surface area (Å²) in [5, 5.41) is 8.66. The van der Waals surface area contributed by atoms with Crippen LogP contribution in [-0.4, -0.2) is 14.8 Å². The van der Waals surface area contributed by atoms with E-state index in [0.29, 0.717) is 17.2 Å². The second-order valence-electron chi connectivity index (χ2n) is 4.29. The first kappa shape index (κ1) is 9.97. The summed E-state index contributed by atoms with van der Waals surface area (Å²) in [7, 11) is 0. The molecule has 3 nitrogen and oxygen atoms in total. The van der Waals surface area contributed by atoms with Crippen molar-refractivity contribution in [1.82, 2.24) is 14.8 Å². The first-order valence-electron chi connectivity index (χ1n) is 5.30. The summed E-state index contributed by atoms with van der Waals surface area (Å²) < 4.78 is 2.12. The Hall–Kier alpha value is -0.570. The third-order valence-corrected chi connectivity index (χ3v) is 3.14. The molecule has 0 bridgehead atoms. The van der Waals surface area contributed by atoms with Crippen molar-refractivity contribution in [3.05, 3.63) is 11.1 Å². The zero-order valence-electron chi connectivity index (χ0n) is 8.70. The number of hydrogen-bond acceptors (Lipinski definition) is 2. The number of aromatic nitrogens is 3. The molecular formula is C10H16ClN3. The largest absolute Gasteiger partial charge is 0.298 e. The minimum absolute atomic E-state index is 0.399. The van der Waals surface area contributed by atoms with Crippen molar-refractivity contribution in [1.29, 1.82) is 0 Å². The summed E-state index contributed by atoms with van der Waals surface area (Å²) in [4.78, 5) is 0. The van der Waals surface area contributed by atoms with Gasteiger partial charge in [0.05, 0.1) is 0 Å². The van der Waals surface area contributed by atoms with Crippen LogP contribution in [0.25, 0.3) is 0 Å². The molecule has 1 heterocycles. The van der Waals surface area contributed by atoms with Crippen LogP contribution in [0.3, 0.4) is 0 Å². The quantitative estimate of drug-likeness (QED) is 0.756. The van der Waals surface area contributed by atoms with E-state index < -0.39 is 0 Å². The number of nitrogens with zero attached hydrogens (tertiary/aromatic N) is 3. The second-order valence-corrected chi connectivity index (χ2v) is 4.63. The van der Waals surface area contributed by atoms with Gasteiger partial charge in [0.2, 0.25) is 5.28 Å². The van der Waals surface area contributed by atoms with E-state index in [1.54, 1.807) is 0 Å². The Morgan fingerprint density at radius 1 is 1.29 bits per heavy atom. The average molecular weight is 214 g/mol. The normalized spacial score (nSPS) is 18.3. The van der Waals surface area contributed by atoms with Crippen molar-refractivity contribution in [3.63, 3.8) is 0 Å². The highest BCUT2D eigenvalue weighted by atomic mass is 35.5. The highest BCUT2D eigenvalue weighted by Crippen LogP contribution is 2.33. The van der Waals surface area contributed by atoms with Gasteiger partial charge in [0.1, 0.15) is 5.82 Å². The lowest BCUT2D eigenvalue weighted by molar-refractivity contribution is 0.487. The first-order valence-corrected chi connectivity index (χ1v) is 5.68. The number of hydrogen-bond donors (Lipinski definition) is 0. The van der Waals surface area contributed by atoms with Gasteiger partial charge < -0.3 is 0 Å². The topological polar surface area (TPSA) is 30.7 Å². The van der Waals surface area contributed by atoms with Gasteiger partial charge in [-0.1, -0.05) is 26.7 Å². The molecule has 1 fully saturated rings. The van der Waals surface area contributed by atoms with Gasteiger partial charge in [-0.05, 0) is 24.4 Å². The first-order chi connectivity index (χ1) is 6.70. The van der Waals surface area contributed by atoms with Gasteiger partial charge >= 0.3 is 0 Å². The molecule has 1 saturated carbocycles. The molecule has 0 amide bonds. The van der Waals surface area contributed by atoms with Gasteiger partial charge in [0, 0.05) is 12.0 Å². The van der Waals surface area contributed by atoms with E-state index in [1.165, 1.54) is 25.7 Å². The molecule has 0 aliphatic heterocycles. The highest BCUT2D eigenvalue weighted by Gasteiger charge is 2.23. The fraction of sp³-hybridized carbons (Fsp3) is 0.800. The Bertz CT molecular complexity index is 313. The second kappa shape index (κ2) is 3.89. The standard InChI is InChI=1S/C10H16ClN3/c1-7(2)9-12-13-10(11)14(9)8-5-3-4-6-8/h7-8H,3-6H2,1-2H3. The van der Waals surface area contributed by atoms with Crippen molar-refractivity contribution < 1.29 is 0 Å². The van der Waals surface area contributed by atoms with Crippen LogP contribution in [0.15, 0.2) is 0 Å². The molecule has 0 radical (unpaired) electrons. The molecule has 1 aromatic rings. The molecule has 0 unspecified atom stereocenters. The summed E-state index contributed by atoms with van der Waals surface area (Å²) in [6.07, 6.45) is 5.04. The molecular weight excluding hydrogens is 198 g/mol. The van der Waals surface area contributed by atoms with Gasteiger partial charge in [0.15, 0.2) is 0 Å². The van der Waals surface area contributed by atoms with Gasteiger partial charge in [-0.15, -0.1) is 10.2 Å². The summed E-state index contributed by atoms with van der Waals surface area (Å²) in [5.74, 6) is 1.43. The smallest absolute Gasteiger partial charge is 0.225 e. The van der Waals surface area contributed by atoms with Crippen molar-refractivity contribution in [2.75, 3.05) is 0 Å². The van der Waals surface area contributed by atoms with E-state index in [1.807, 2.05) is 0 Å². The molecule has 1 aliphatic carbocycles. The van der Waals surface area contributed by atoms with Crippen LogP contribution in [-0.2, 0) is 0 Å². The molecule has 1 aromatic heterocycles. The zero-order chi connectivity index (χ0) is 10.1. The Labute approximate surface area is 89.5 Å². The predicted molar refractivity (Wildman–Crippen MR) is 56.6 cm³/mol. The maximum atomic E-state index is 6.06. The summed E-state index contributed by atoms with van der Waals surface area (Å²) >= 11 is 6.06. The van der Waals surface area contributed by atoms with E-state index in [4.69, 9.17) is 11.6 Å². The fourth-order valence-corrected chi connectivity index (χ4v) is 2.44. The Morgan fingerprint density at radius 3 is 2.50 bits per heavy atom. The van der Waals surface area contributed by atoms with Crippen LogP contribution in [0.2, 0.25) is 5.28 Å². The molecule has 0 N–H and O–H groups in total. The fourth-order valence-electron chi connectivity index (χ4n) is 2.18. The maximum Gasteiger partial charge on any atom is 0.225 e. The van der Waals surface area contributed by atoms with Crippen molar-refractivity contribution in [3.8, 4) is 0 Å². The van der Waals surface area contributed by atoms with E-state index in [2.05, 4.69) is 28.6 Å². The van der Waals surface area contributed by atoms with Crippen molar-refractivity contribution in [2.24, 2.45) is 0 Å². The van der Waals surface area contributed by atoms with Gasteiger partial charge in [0.25, 0.3) is 0 Å². The lowest BCUT2D eigenvalue weighted by atomic mass is 10.2. The summed E-state index contributed by atoms with van der Waals surface area (Å²) in [6.45, 7) is 4.26. The summed E-state index contributed by atoms with van der Waals surface area (Å²) in [5.41, 5.74) is 0. The van der Waals surface area contributed by atoms with Gasteiger partial charge in [-0.25, -0.2) is 0 Å². The van der Waals surface area contributed by atoms with E-state index in [-0.39, 0.29) is 0 Å². The van der Waals surface area contributed by atoms with E-state index in [9.17, 15) is 0 Å². The third kappa shape index (κ3) is 1.65. The number of rotatable bonds is 2. The molecule has 0 aromatic carbocycles. The monoisotopic (exact) mass is 213 g/mol. The average Bonchev–Trinajstić information content (AvgIpc) is 2.71. The number of halogens is 1. The molecule has 78 valence electrons. The minimum Gasteiger partial charge on any atom is -0.298 e. The van der Waals surface area contributed by atoms with Crippen LogP contribution >= 0.6 is 11.6 Å². The molecule has 2 rings (SSSR count). The lowest BCUT2D eigenvalue weighted by Crippen LogP contribution is -2.10. The molecule has 4 heteroatoms. The van der Waals surface area contributed by atoms with Crippen LogP contribution in [0.4, 0.5) is 0 Å². The van der Waals surface area contributed by atoms with Crippen LogP contribution in [0.1, 0.15) is 57.3 Å². The van der Waals surface area contributed by atoms with Gasteiger partial charge in [-0.3, -0.25) is 4.57 Å². The van der Waals surface area contributed by atoms with Crippen LogP contribution in [0.5, 0.6) is 0 Å². The highest BCUT2D eigenvalue weighted by molar-refractivity contribution is 6.28. The zero-order valence-corrected chi connectivity index (χ0v) is 9.46. The summed E-state index contributed by atoms with van der Waals surface area (Å²) in [6, 6.07) is 0.537. The molecule has 0 saturated heterocycles. The van der Waals surface area contributed by atoms with Crippen molar-refractivity contribution >= 4 is 11.6 Å². The predicted octanol–water partition coefficient (Wildman–Crippen LogP) is 3.17. The molecule has 0 spiro atoms. The Kier molecular flexibility index (Phi) is 2.77. The van der Waals surface area contributed by atoms with Crippen molar-refractivity contribution in [2.45, 2.75) is 51.5 Å². The van der Waals surface area contributed by atoms with Crippen LogP contribution in [0, 0.1) is 0 Å². The van der Waals surface area contributed by atoms with Crippen LogP contribution < -0.4 is 0 Å². The maximum absolute atomic E-state index is 6.06.